The number of aliphatic hydroxyl groups is 1. The van der Waals surface area contributed by atoms with Gasteiger partial charge in [0.1, 0.15) is 0 Å². The summed E-state index contributed by atoms with van der Waals surface area (Å²) in [5.41, 5.74) is 1.06. The number of amides is 2. The van der Waals surface area contributed by atoms with Crippen molar-refractivity contribution < 1.29 is 19.8 Å². The minimum atomic E-state index is -0.968. The van der Waals surface area contributed by atoms with Crippen LogP contribution >= 0.6 is 0 Å². The monoisotopic (exact) mass is 292 g/mol. The highest BCUT2D eigenvalue weighted by atomic mass is 16.4. The summed E-state index contributed by atoms with van der Waals surface area (Å²) >= 11 is 0. The van der Waals surface area contributed by atoms with Gasteiger partial charge in [0.2, 0.25) is 0 Å². The van der Waals surface area contributed by atoms with Crippen LogP contribution in [0.15, 0.2) is 24.3 Å². The summed E-state index contributed by atoms with van der Waals surface area (Å²) in [5.74, 6) is -0.402. The maximum atomic E-state index is 12.1. The van der Waals surface area contributed by atoms with Crippen molar-refractivity contribution in [2.75, 3.05) is 19.7 Å². The van der Waals surface area contributed by atoms with E-state index in [0.29, 0.717) is 25.6 Å². The zero-order chi connectivity index (χ0) is 15.2. The largest absolute Gasteiger partial charge is 0.478 e. The van der Waals surface area contributed by atoms with Crippen LogP contribution in [0.25, 0.3) is 0 Å². The first-order valence-corrected chi connectivity index (χ1v) is 7.06. The van der Waals surface area contributed by atoms with Crippen molar-refractivity contribution >= 4 is 12.0 Å². The molecular formula is C15H20N2O4. The lowest BCUT2D eigenvalue weighted by Crippen LogP contribution is -2.42. The van der Waals surface area contributed by atoms with Crippen LogP contribution in [0, 0.1) is 5.92 Å². The standard InChI is InChI=1S/C15H20N2O4/c18-8-7-17(10-12-1-2-12)15(21)16-9-11-3-5-13(6-4-11)14(19)20/h3-6,12,18H,1-2,7-10H2,(H,16,21)(H,19,20). The Hall–Kier alpha value is -2.08. The topological polar surface area (TPSA) is 89.9 Å². The number of hydrogen-bond acceptors (Lipinski definition) is 3. The number of aromatic carboxylic acids is 1. The van der Waals surface area contributed by atoms with Crippen LogP contribution in [-0.4, -0.2) is 46.8 Å². The van der Waals surface area contributed by atoms with Crippen molar-refractivity contribution in [2.45, 2.75) is 19.4 Å². The first kappa shape index (κ1) is 15.3. The quantitative estimate of drug-likeness (QED) is 0.706. The van der Waals surface area contributed by atoms with Crippen LogP contribution < -0.4 is 5.32 Å². The van der Waals surface area contributed by atoms with E-state index in [1.54, 1.807) is 17.0 Å². The highest BCUT2D eigenvalue weighted by Gasteiger charge is 2.26. The van der Waals surface area contributed by atoms with Gasteiger partial charge in [-0.3, -0.25) is 0 Å². The van der Waals surface area contributed by atoms with E-state index in [1.807, 2.05) is 0 Å². The van der Waals surface area contributed by atoms with E-state index >= 15 is 0 Å². The van der Waals surface area contributed by atoms with E-state index in [2.05, 4.69) is 5.32 Å². The fourth-order valence-electron chi connectivity index (χ4n) is 2.06. The molecule has 6 nitrogen and oxygen atoms in total. The number of urea groups is 1. The van der Waals surface area contributed by atoms with Crippen molar-refractivity contribution in [3.63, 3.8) is 0 Å². The molecule has 2 amide bonds. The van der Waals surface area contributed by atoms with Gasteiger partial charge in [0.15, 0.2) is 0 Å². The fraction of sp³-hybridized carbons (Fsp3) is 0.467. The number of benzene rings is 1. The van der Waals surface area contributed by atoms with Crippen LogP contribution in [-0.2, 0) is 6.54 Å². The third-order valence-corrected chi connectivity index (χ3v) is 3.48. The molecular weight excluding hydrogens is 272 g/mol. The zero-order valence-electron chi connectivity index (χ0n) is 11.8. The molecule has 1 aromatic carbocycles. The molecule has 0 unspecified atom stereocenters. The van der Waals surface area contributed by atoms with Gasteiger partial charge in [-0.1, -0.05) is 12.1 Å². The van der Waals surface area contributed by atoms with Crippen molar-refractivity contribution in [1.29, 1.82) is 0 Å². The Labute approximate surface area is 123 Å². The van der Waals surface area contributed by atoms with Crippen molar-refractivity contribution in [2.24, 2.45) is 5.92 Å². The molecule has 1 saturated carbocycles. The van der Waals surface area contributed by atoms with E-state index in [4.69, 9.17) is 10.2 Å². The second-order valence-corrected chi connectivity index (χ2v) is 5.27. The van der Waals surface area contributed by atoms with E-state index in [1.165, 1.54) is 12.1 Å². The number of carboxylic acids is 1. The molecule has 0 spiro atoms. The van der Waals surface area contributed by atoms with Gasteiger partial charge in [0.05, 0.1) is 12.2 Å². The molecule has 1 aromatic rings. The smallest absolute Gasteiger partial charge is 0.335 e. The molecule has 2 rings (SSSR count). The molecule has 0 radical (unpaired) electrons. The molecule has 1 fully saturated rings. The number of hydrogen-bond donors (Lipinski definition) is 3. The average Bonchev–Trinajstić information content (AvgIpc) is 3.28. The SMILES string of the molecule is O=C(O)c1ccc(CNC(=O)N(CCO)CC2CC2)cc1. The van der Waals surface area contributed by atoms with E-state index in [9.17, 15) is 9.59 Å². The summed E-state index contributed by atoms with van der Waals surface area (Å²) in [7, 11) is 0. The van der Waals surface area contributed by atoms with Crippen molar-refractivity contribution in [1.82, 2.24) is 10.2 Å². The van der Waals surface area contributed by atoms with Crippen molar-refractivity contribution in [3.8, 4) is 0 Å². The highest BCUT2D eigenvalue weighted by Crippen LogP contribution is 2.29. The van der Waals surface area contributed by atoms with Gasteiger partial charge in [0.25, 0.3) is 0 Å². The number of nitrogens with one attached hydrogen (secondary N) is 1. The Morgan fingerprint density at radius 3 is 2.43 bits per heavy atom. The minimum Gasteiger partial charge on any atom is -0.478 e. The number of aliphatic hydroxyl groups excluding tert-OH is 1. The number of carbonyl (C=O) groups is 2. The number of carbonyl (C=O) groups excluding carboxylic acids is 1. The molecule has 0 aromatic heterocycles. The van der Waals surface area contributed by atoms with Crippen LogP contribution in [0.1, 0.15) is 28.8 Å². The lowest BCUT2D eigenvalue weighted by Gasteiger charge is -2.22. The summed E-state index contributed by atoms with van der Waals surface area (Å²) in [4.78, 5) is 24.4. The van der Waals surface area contributed by atoms with Gasteiger partial charge in [-0.25, -0.2) is 9.59 Å². The van der Waals surface area contributed by atoms with Gasteiger partial charge >= 0.3 is 12.0 Å². The van der Waals surface area contributed by atoms with Gasteiger partial charge in [0, 0.05) is 19.6 Å². The molecule has 1 aliphatic carbocycles. The zero-order valence-corrected chi connectivity index (χ0v) is 11.8. The molecule has 0 bridgehead atoms. The van der Waals surface area contributed by atoms with Crippen LogP contribution in [0.4, 0.5) is 4.79 Å². The molecule has 0 atom stereocenters. The lowest BCUT2D eigenvalue weighted by atomic mass is 10.1. The fourth-order valence-corrected chi connectivity index (χ4v) is 2.06. The minimum absolute atomic E-state index is 0.0482. The Balaban J connectivity index is 1.84. The number of rotatable bonds is 7. The molecule has 1 aliphatic rings. The van der Waals surface area contributed by atoms with Crippen LogP contribution in [0.5, 0.6) is 0 Å². The second-order valence-electron chi connectivity index (χ2n) is 5.27. The van der Waals surface area contributed by atoms with Crippen molar-refractivity contribution in [3.05, 3.63) is 35.4 Å². The Morgan fingerprint density at radius 2 is 1.90 bits per heavy atom. The van der Waals surface area contributed by atoms with E-state index < -0.39 is 5.97 Å². The molecule has 0 aliphatic heterocycles. The van der Waals surface area contributed by atoms with E-state index in [-0.39, 0.29) is 18.2 Å². The summed E-state index contributed by atoms with van der Waals surface area (Å²) in [6.45, 7) is 1.31. The average molecular weight is 292 g/mol. The second kappa shape index (κ2) is 7.08. The predicted octanol–water partition coefficient (Wildman–Crippen LogP) is 1.30. The maximum Gasteiger partial charge on any atom is 0.335 e. The Bertz CT molecular complexity index is 497. The molecule has 0 heterocycles. The van der Waals surface area contributed by atoms with Gasteiger partial charge in [-0.2, -0.15) is 0 Å². The summed E-state index contributed by atoms with van der Waals surface area (Å²) in [6, 6.07) is 6.19. The number of nitrogens with zero attached hydrogens (tertiary/aromatic N) is 1. The molecule has 6 heteroatoms. The highest BCUT2D eigenvalue weighted by molar-refractivity contribution is 5.87. The number of carboxylic acid groups (broad SMARTS) is 1. The molecule has 0 saturated heterocycles. The van der Waals surface area contributed by atoms with Gasteiger partial charge in [-0.05, 0) is 36.5 Å². The molecule has 21 heavy (non-hydrogen) atoms. The first-order valence-electron chi connectivity index (χ1n) is 7.06. The predicted molar refractivity (Wildman–Crippen MR) is 77.0 cm³/mol. The van der Waals surface area contributed by atoms with Crippen LogP contribution in [0.2, 0.25) is 0 Å². The van der Waals surface area contributed by atoms with Gasteiger partial charge in [-0.15, -0.1) is 0 Å². The first-order chi connectivity index (χ1) is 10.1. The normalized spacial score (nSPS) is 13.8. The third-order valence-electron chi connectivity index (χ3n) is 3.48. The van der Waals surface area contributed by atoms with Crippen LogP contribution in [0.3, 0.4) is 0 Å². The Kier molecular flexibility index (Phi) is 5.16. The third kappa shape index (κ3) is 4.75. The lowest BCUT2D eigenvalue weighted by molar-refractivity contribution is 0.0697. The Morgan fingerprint density at radius 1 is 1.24 bits per heavy atom. The summed E-state index contributed by atoms with van der Waals surface area (Å²) in [5, 5.41) is 20.6. The maximum absolute atomic E-state index is 12.1. The van der Waals surface area contributed by atoms with E-state index in [0.717, 1.165) is 18.4 Å². The molecule has 3 N–H and O–H groups in total. The van der Waals surface area contributed by atoms with Gasteiger partial charge < -0.3 is 20.4 Å². The molecule has 114 valence electrons. The summed E-state index contributed by atoms with van der Waals surface area (Å²) in [6.07, 6.45) is 2.29. The summed E-state index contributed by atoms with van der Waals surface area (Å²) < 4.78 is 0.